The molecule has 0 radical (unpaired) electrons. The normalized spacial score (nSPS) is 14.1. The first-order valence-corrected chi connectivity index (χ1v) is 9.46. The highest BCUT2D eigenvalue weighted by Gasteiger charge is 2.25. The van der Waals surface area contributed by atoms with Crippen LogP contribution in [0, 0.1) is 5.92 Å². The van der Waals surface area contributed by atoms with Gasteiger partial charge >= 0.3 is 0 Å². The Morgan fingerprint density at radius 1 is 1.15 bits per heavy atom. The van der Waals surface area contributed by atoms with Gasteiger partial charge < -0.3 is 14.5 Å². The molecule has 1 fully saturated rings. The third-order valence-electron chi connectivity index (χ3n) is 5.53. The second-order valence-corrected chi connectivity index (χ2v) is 7.43. The van der Waals surface area contributed by atoms with Crippen LogP contribution in [0.5, 0.6) is 0 Å². The van der Waals surface area contributed by atoms with Crippen molar-refractivity contribution in [3.05, 3.63) is 66.1 Å². The fourth-order valence-corrected chi connectivity index (χ4v) is 3.90. The fraction of sp³-hybridized carbons (Fsp3) is 0.273. The summed E-state index contributed by atoms with van der Waals surface area (Å²) in [6, 6.07) is 14.4. The molecule has 1 amide bonds. The number of fused-ring (bicyclic) bond motifs is 3. The predicted molar refractivity (Wildman–Crippen MR) is 107 cm³/mol. The Kier molecular flexibility index (Phi) is 3.74. The molecule has 0 atom stereocenters. The van der Waals surface area contributed by atoms with Crippen LogP contribution in [-0.2, 0) is 20.1 Å². The summed E-state index contributed by atoms with van der Waals surface area (Å²) in [6.07, 6.45) is 6.09. The fourth-order valence-electron chi connectivity index (χ4n) is 3.90. The highest BCUT2D eigenvalue weighted by molar-refractivity contribution is 6.10. The van der Waals surface area contributed by atoms with E-state index < -0.39 is 0 Å². The molecule has 5 nitrogen and oxygen atoms in total. The molecule has 0 spiro atoms. The molecule has 0 aliphatic heterocycles. The second-order valence-electron chi connectivity index (χ2n) is 7.43. The lowest BCUT2D eigenvalue weighted by Crippen LogP contribution is -2.24. The van der Waals surface area contributed by atoms with Gasteiger partial charge in [-0.3, -0.25) is 9.78 Å². The van der Waals surface area contributed by atoms with Gasteiger partial charge in [0.15, 0.2) is 0 Å². The van der Waals surface area contributed by atoms with Gasteiger partial charge in [0.25, 0.3) is 5.91 Å². The smallest absolute Gasteiger partial charge is 0.268 e. The standard InChI is InChI=1S/C22H22N4O/c1-25-20(22(27)24-13-15-8-10-23-11-9-15)12-19-21(25)17-4-2-3-5-18(17)26(19)14-16-6-7-16/h2-5,8-12,16H,6-7,13-14H2,1H3,(H,24,27). The number of amides is 1. The van der Waals surface area contributed by atoms with Crippen molar-refractivity contribution in [2.75, 3.05) is 0 Å². The number of rotatable bonds is 5. The van der Waals surface area contributed by atoms with E-state index in [1.54, 1.807) is 12.4 Å². The van der Waals surface area contributed by atoms with Gasteiger partial charge in [0.2, 0.25) is 0 Å². The maximum Gasteiger partial charge on any atom is 0.268 e. The number of aromatic nitrogens is 3. The van der Waals surface area contributed by atoms with Crippen molar-refractivity contribution >= 4 is 27.8 Å². The quantitative estimate of drug-likeness (QED) is 0.589. The van der Waals surface area contributed by atoms with Crippen LogP contribution in [0.3, 0.4) is 0 Å². The molecule has 5 heteroatoms. The third kappa shape index (κ3) is 2.79. The van der Waals surface area contributed by atoms with Crippen LogP contribution in [0.2, 0.25) is 0 Å². The van der Waals surface area contributed by atoms with Crippen LogP contribution in [0.25, 0.3) is 21.9 Å². The summed E-state index contributed by atoms with van der Waals surface area (Å²) in [7, 11) is 1.98. The van der Waals surface area contributed by atoms with E-state index in [0.717, 1.165) is 29.1 Å². The Morgan fingerprint density at radius 3 is 2.70 bits per heavy atom. The number of hydrogen-bond donors (Lipinski definition) is 1. The lowest BCUT2D eigenvalue weighted by Gasteiger charge is -2.07. The van der Waals surface area contributed by atoms with Gasteiger partial charge in [-0.2, -0.15) is 0 Å². The highest BCUT2D eigenvalue weighted by atomic mass is 16.1. The summed E-state index contributed by atoms with van der Waals surface area (Å²) in [5.41, 5.74) is 5.29. The first kappa shape index (κ1) is 16.1. The van der Waals surface area contributed by atoms with Crippen LogP contribution in [0.4, 0.5) is 0 Å². The first-order valence-electron chi connectivity index (χ1n) is 9.46. The van der Waals surface area contributed by atoms with Gasteiger partial charge in [0, 0.05) is 37.9 Å². The van der Waals surface area contributed by atoms with E-state index >= 15 is 0 Å². The third-order valence-corrected chi connectivity index (χ3v) is 5.53. The maximum atomic E-state index is 12.8. The summed E-state index contributed by atoms with van der Waals surface area (Å²) < 4.78 is 4.42. The van der Waals surface area contributed by atoms with Crippen LogP contribution < -0.4 is 5.32 Å². The number of nitrogens with one attached hydrogen (secondary N) is 1. The van der Waals surface area contributed by atoms with Crippen molar-refractivity contribution in [1.29, 1.82) is 0 Å². The Balaban J connectivity index is 1.53. The molecule has 1 N–H and O–H groups in total. The van der Waals surface area contributed by atoms with Gasteiger partial charge in [-0.05, 0) is 48.6 Å². The van der Waals surface area contributed by atoms with E-state index in [2.05, 4.69) is 39.1 Å². The van der Waals surface area contributed by atoms with Gasteiger partial charge in [-0.1, -0.05) is 18.2 Å². The van der Waals surface area contributed by atoms with Crippen molar-refractivity contribution in [3.8, 4) is 0 Å². The summed E-state index contributed by atoms with van der Waals surface area (Å²) in [5.74, 6) is 0.723. The zero-order valence-corrected chi connectivity index (χ0v) is 15.4. The topological polar surface area (TPSA) is 51.9 Å². The van der Waals surface area contributed by atoms with Gasteiger partial charge in [-0.25, -0.2) is 0 Å². The van der Waals surface area contributed by atoms with Gasteiger partial charge in [-0.15, -0.1) is 0 Å². The van der Waals surface area contributed by atoms with E-state index in [9.17, 15) is 4.79 Å². The van der Waals surface area contributed by atoms with E-state index in [0.29, 0.717) is 12.2 Å². The molecule has 4 aromatic rings. The van der Waals surface area contributed by atoms with E-state index in [4.69, 9.17) is 0 Å². The predicted octanol–water partition coefficient (Wildman–Crippen LogP) is 3.87. The molecule has 3 heterocycles. The molecule has 1 saturated carbocycles. The number of hydrogen-bond acceptors (Lipinski definition) is 2. The summed E-state index contributed by atoms with van der Waals surface area (Å²) in [6.45, 7) is 1.53. The maximum absolute atomic E-state index is 12.8. The van der Waals surface area contributed by atoms with E-state index in [-0.39, 0.29) is 5.91 Å². The van der Waals surface area contributed by atoms with Gasteiger partial charge in [0.1, 0.15) is 5.69 Å². The van der Waals surface area contributed by atoms with Crippen LogP contribution in [0.1, 0.15) is 28.9 Å². The monoisotopic (exact) mass is 358 g/mol. The SMILES string of the molecule is Cn1c(C(=O)NCc2ccncc2)cc2c1c1ccccc1n2CC1CC1. The molecule has 0 unspecified atom stereocenters. The minimum absolute atomic E-state index is 0.0486. The number of para-hydroxylation sites is 1. The number of pyridine rings is 1. The molecule has 136 valence electrons. The lowest BCUT2D eigenvalue weighted by atomic mass is 10.2. The number of aryl methyl sites for hydroxylation is 1. The van der Waals surface area contributed by atoms with Crippen molar-refractivity contribution in [3.63, 3.8) is 0 Å². The summed E-state index contributed by atoms with van der Waals surface area (Å²) in [5, 5.41) is 4.24. The Morgan fingerprint density at radius 2 is 1.93 bits per heavy atom. The average Bonchev–Trinajstić information content (AvgIpc) is 3.39. The lowest BCUT2D eigenvalue weighted by molar-refractivity contribution is 0.0943. The number of benzene rings is 1. The van der Waals surface area contributed by atoms with Crippen molar-refractivity contribution in [2.45, 2.75) is 25.9 Å². The molecule has 1 aromatic carbocycles. The number of carbonyl (C=O) groups excluding carboxylic acids is 1. The largest absolute Gasteiger partial charge is 0.347 e. The molecule has 0 bridgehead atoms. The average molecular weight is 358 g/mol. The Hall–Kier alpha value is -3.08. The van der Waals surface area contributed by atoms with Crippen molar-refractivity contribution in [1.82, 2.24) is 19.4 Å². The number of nitrogens with zero attached hydrogens (tertiary/aromatic N) is 3. The molecular weight excluding hydrogens is 336 g/mol. The first-order chi connectivity index (χ1) is 13.2. The molecule has 0 saturated heterocycles. The molecule has 1 aliphatic rings. The van der Waals surface area contributed by atoms with Crippen LogP contribution in [0.15, 0.2) is 54.9 Å². The molecule has 5 rings (SSSR count). The minimum Gasteiger partial charge on any atom is -0.347 e. The zero-order valence-electron chi connectivity index (χ0n) is 15.4. The van der Waals surface area contributed by atoms with Crippen LogP contribution in [-0.4, -0.2) is 20.0 Å². The highest BCUT2D eigenvalue weighted by Crippen LogP contribution is 2.36. The van der Waals surface area contributed by atoms with Crippen LogP contribution >= 0.6 is 0 Å². The molecule has 1 aliphatic carbocycles. The molecule has 3 aromatic heterocycles. The minimum atomic E-state index is -0.0486. The second kappa shape index (κ2) is 6.27. The summed E-state index contributed by atoms with van der Waals surface area (Å²) >= 11 is 0. The van der Waals surface area contributed by atoms with E-state index in [1.165, 1.54) is 23.7 Å². The van der Waals surface area contributed by atoms with Crippen molar-refractivity contribution in [2.24, 2.45) is 13.0 Å². The van der Waals surface area contributed by atoms with Gasteiger partial charge in [0.05, 0.1) is 16.6 Å². The number of carbonyl (C=O) groups is 1. The van der Waals surface area contributed by atoms with Crippen molar-refractivity contribution < 1.29 is 4.79 Å². The molecular formula is C22H22N4O. The zero-order chi connectivity index (χ0) is 18.4. The Labute approximate surface area is 157 Å². The summed E-state index contributed by atoms with van der Waals surface area (Å²) in [4.78, 5) is 16.8. The van der Waals surface area contributed by atoms with E-state index in [1.807, 2.05) is 29.8 Å². The molecule has 27 heavy (non-hydrogen) atoms. The Bertz CT molecular complexity index is 1140.